The van der Waals surface area contributed by atoms with Crippen LogP contribution in [0.2, 0.25) is 0 Å². The number of carbonyl (C=O) groups excluding carboxylic acids is 1. The number of halogens is 3. The maximum atomic E-state index is 16.2. The molecule has 0 saturated carbocycles. The highest BCUT2D eigenvalue weighted by Crippen LogP contribution is 2.46. The second-order valence-electron chi connectivity index (χ2n) is 12.2. The highest BCUT2D eigenvalue weighted by Gasteiger charge is 2.36. The number of hydrogen-bond acceptors (Lipinski definition) is 8. The molecule has 5 heterocycles. The number of hydrogen-bond donors (Lipinski definition) is 0. The van der Waals surface area contributed by atoms with E-state index in [0.717, 1.165) is 51.5 Å². The van der Waals surface area contributed by atoms with E-state index in [9.17, 15) is 14.0 Å². The number of ether oxygens (including phenoxy) is 1. The SMILES string of the molecule is C=CC(=O)N1CCN(c2nc(=O)n3c4c(c(-c5ccc(F)cc5F)c(F)cc24)SC[C@@H]3CN2CCN(C3COC3)CC2)[C@@H](C)C1. The predicted molar refractivity (Wildman–Crippen MR) is 167 cm³/mol. The maximum absolute atomic E-state index is 16.2. The molecule has 4 aliphatic rings. The van der Waals surface area contributed by atoms with Crippen LogP contribution >= 0.6 is 11.8 Å². The highest BCUT2D eigenvalue weighted by atomic mass is 32.2. The number of nitrogens with zero attached hydrogens (tertiary/aromatic N) is 6. The first-order valence-electron chi connectivity index (χ1n) is 15.3. The lowest BCUT2D eigenvalue weighted by Gasteiger charge is -2.43. The first-order chi connectivity index (χ1) is 21.7. The minimum absolute atomic E-state index is 0.0135. The number of thioether (sulfide) groups is 1. The third-order valence-corrected chi connectivity index (χ3v) is 10.7. The Morgan fingerprint density at radius 3 is 2.53 bits per heavy atom. The normalized spacial score (nSPS) is 22.9. The molecule has 13 heteroatoms. The molecule has 1 aromatic heterocycles. The summed E-state index contributed by atoms with van der Waals surface area (Å²) in [7, 11) is 0. The van der Waals surface area contributed by atoms with Gasteiger partial charge in [-0.05, 0) is 31.2 Å². The van der Waals surface area contributed by atoms with Crippen molar-refractivity contribution in [2.24, 2.45) is 0 Å². The Morgan fingerprint density at radius 1 is 1.09 bits per heavy atom. The molecule has 0 radical (unpaired) electrons. The van der Waals surface area contributed by atoms with Gasteiger partial charge in [0.25, 0.3) is 0 Å². The van der Waals surface area contributed by atoms with Crippen LogP contribution in [-0.4, -0.2) is 114 Å². The number of rotatable bonds is 6. The molecule has 2 aromatic carbocycles. The Hall–Kier alpha value is -3.39. The lowest BCUT2D eigenvalue weighted by atomic mass is 10.0. The Kier molecular flexibility index (Phi) is 8.13. The van der Waals surface area contributed by atoms with Gasteiger partial charge in [0, 0.05) is 91.6 Å². The van der Waals surface area contributed by atoms with Crippen LogP contribution in [0.1, 0.15) is 13.0 Å². The van der Waals surface area contributed by atoms with E-state index in [1.54, 1.807) is 9.47 Å². The molecule has 0 aliphatic carbocycles. The maximum Gasteiger partial charge on any atom is 0.350 e. The van der Waals surface area contributed by atoms with Gasteiger partial charge in [-0.1, -0.05) is 6.58 Å². The second kappa shape index (κ2) is 12.1. The van der Waals surface area contributed by atoms with Crippen LogP contribution in [-0.2, 0) is 9.53 Å². The molecule has 0 unspecified atom stereocenters. The Morgan fingerprint density at radius 2 is 1.87 bits per heavy atom. The van der Waals surface area contributed by atoms with Crippen LogP contribution < -0.4 is 10.6 Å². The van der Waals surface area contributed by atoms with Gasteiger partial charge < -0.3 is 14.5 Å². The average Bonchev–Trinajstić information content (AvgIpc) is 2.99. The minimum atomic E-state index is -0.873. The van der Waals surface area contributed by atoms with Crippen molar-refractivity contribution in [3.8, 4) is 11.1 Å². The van der Waals surface area contributed by atoms with Gasteiger partial charge in [-0.15, -0.1) is 11.8 Å². The van der Waals surface area contributed by atoms with Gasteiger partial charge >= 0.3 is 5.69 Å². The highest BCUT2D eigenvalue weighted by molar-refractivity contribution is 7.99. The van der Waals surface area contributed by atoms with Crippen molar-refractivity contribution in [3.63, 3.8) is 0 Å². The van der Waals surface area contributed by atoms with Gasteiger partial charge in [-0.25, -0.2) is 18.0 Å². The number of piperazine rings is 2. The van der Waals surface area contributed by atoms with Crippen LogP contribution in [0.5, 0.6) is 0 Å². The molecule has 2 atom stereocenters. The van der Waals surface area contributed by atoms with Gasteiger partial charge in [0.2, 0.25) is 5.91 Å². The molecule has 0 N–H and O–H groups in total. The summed E-state index contributed by atoms with van der Waals surface area (Å²) in [6, 6.07) is 4.44. The summed E-state index contributed by atoms with van der Waals surface area (Å²) in [5, 5.41) is 0.454. The third-order valence-electron chi connectivity index (χ3n) is 9.48. The van der Waals surface area contributed by atoms with Crippen molar-refractivity contribution in [3.05, 3.63) is 64.9 Å². The van der Waals surface area contributed by atoms with Crippen LogP contribution in [0, 0.1) is 17.5 Å². The first-order valence-corrected chi connectivity index (χ1v) is 16.3. The number of benzene rings is 2. The molecule has 0 bridgehead atoms. The molecule has 3 fully saturated rings. The van der Waals surface area contributed by atoms with E-state index in [4.69, 9.17) is 4.74 Å². The zero-order valence-corrected chi connectivity index (χ0v) is 25.9. The second-order valence-corrected chi connectivity index (χ2v) is 13.2. The Bertz CT molecular complexity index is 1720. The van der Waals surface area contributed by atoms with Gasteiger partial charge in [-0.3, -0.25) is 19.2 Å². The zero-order valence-electron chi connectivity index (χ0n) is 25.1. The molecule has 3 saturated heterocycles. The molecule has 238 valence electrons. The number of carbonyl (C=O) groups is 1. The van der Waals surface area contributed by atoms with E-state index in [1.807, 2.05) is 11.8 Å². The van der Waals surface area contributed by atoms with Gasteiger partial charge in [0.1, 0.15) is 23.3 Å². The summed E-state index contributed by atoms with van der Waals surface area (Å²) < 4.78 is 52.2. The van der Waals surface area contributed by atoms with E-state index >= 15 is 8.78 Å². The van der Waals surface area contributed by atoms with E-state index in [2.05, 4.69) is 21.4 Å². The lowest BCUT2D eigenvalue weighted by molar-refractivity contribution is -0.126. The van der Waals surface area contributed by atoms with Crippen molar-refractivity contribution in [2.75, 3.05) is 76.2 Å². The zero-order chi connectivity index (χ0) is 31.4. The number of aromatic nitrogens is 2. The molecule has 45 heavy (non-hydrogen) atoms. The standard InChI is InChI=1S/C32H35F3N6O3S/c1-3-27(42)39-10-11-40(19(2)14-39)31-24-13-26(35)28(23-5-4-20(33)12-25(23)34)30-29(24)41(32(43)36-31)21(18-45-30)15-37-6-8-38(9-7-37)22-16-44-17-22/h3-5,12-13,19,21-22H,1,6-11,14-18H2,2H3/t19-,21-/m0/s1. The predicted octanol–water partition coefficient (Wildman–Crippen LogP) is 3.37. The van der Waals surface area contributed by atoms with Crippen LogP contribution in [0.3, 0.4) is 0 Å². The smallest absolute Gasteiger partial charge is 0.350 e. The van der Waals surface area contributed by atoms with Crippen molar-refractivity contribution < 1.29 is 22.7 Å². The van der Waals surface area contributed by atoms with Crippen molar-refractivity contribution in [1.29, 1.82) is 0 Å². The Balaban J connectivity index is 1.31. The molecule has 7 rings (SSSR count). The quantitative estimate of drug-likeness (QED) is 0.380. The fraction of sp³-hybridized carbons (Fsp3) is 0.469. The largest absolute Gasteiger partial charge is 0.378 e. The van der Waals surface area contributed by atoms with Crippen molar-refractivity contribution >= 4 is 34.4 Å². The summed E-state index contributed by atoms with van der Waals surface area (Å²) >= 11 is 1.39. The first kappa shape index (κ1) is 30.3. The summed E-state index contributed by atoms with van der Waals surface area (Å²) in [6.45, 7) is 12.4. The monoisotopic (exact) mass is 640 g/mol. The fourth-order valence-electron chi connectivity index (χ4n) is 7.00. The van der Waals surface area contributed by atoms with E-state index in [-0.39, 0.29) is 29.1 Å². The van der Waals surface area contributed by atoms with Crippen LogP contribution in [0.15, 0.2) is 46.6 Å². The van der Waals surface area contributed by atoms with Crippen molar-refractivity contribution in [2.45, 2.75) is 29.9 Å². The van der Waals surface area contributed by atoms with Crippen LogP contribution in [0.25, 0.3) is 22.0 Å². The molecule has 3 aromatic rings. The van der Waals surface area contributed by atoms with E-state index < -0.39 is 23.1 Å². The molecule has 0 spiro atoms. The van der Waals surface area contributed by atoms with Crippen molar-refractivity contribution in [1.82, 2.24) is 24.3 Å². The molecular formula is C32H35F3N6O3S. The van der Waals surface area contributed by atoms with Gasteiger partial charge in [0.05, 0.1) is 30.8 Å². The summed E-state index contributed by atoms with van der Waals surface area (Å²) in [4.78, 5) is 39.7. The van der Waals surface area contributed by atoms with E-state index in [0.29, 0.717) is 59.6 Å². The molecule has 9 nitrogen and oxygen atoms in total. The van der Waals surface area contributed by atoms with Gasteiger partial charge in [-0.2, -0.15) is 4.98 Å². The van der Waals surface area contributed by atoms with E-state index in [1.165, 1.54) is 30.0 Å². The molecular weight excluding hydrogens is 605 g/mol. The minimum Gasteiger partial charge on any atom is -0.378 e. The Labute approximate surface area is 263 Å². The molecule has 1 amide bonds. The number of amides is 1. The molecule has 4 aliphatic heterocycles. The lowest BCUT2D eigenvalue weighted by Crippen LogP contribution is -2.57. The summed E-state index contributed by atoms with van der Waals surface area (Å²) in [6.07, 6.45) is 1.28. The topological polar surface area (TPSA) is 74.2 Å². The third kappa shape index (κ3) is 5.43. The fourth-order valence-corrected chi connectivity index (χ4v) is 8.31. The summed E-state index contributed by atoms with van der Waals surface area (Å²) in [5.41, 5.74) is 0.00585. The summed E-state index contributed by atoms with van der Waals surface area (Å²) in [5.74, 6) is -1.67. The van der Waals surface area contributed by atoms with Crippen LogP contribution in [0.4, 0.5) is 19.0 Å². The average molecular weight is 641 g/mol. The van der Waals surface area contributed by atoms with Gasteiger partial charge in [0.15, 0.2) is 0 Å². The number of anilines is 1.